The van der Waals surface area contributed by atoms with Crippen LogP contribution in [0.2, 0.25) is 0 Å². The standard InChI is InChI=1S/C18H24N2OS/c1-3-20(17-7-5-4-6-15(17)2)12-11-19-18(21)9-8-16-10-13-22-14-16/h4-7,10,13-14H,3,8-9,11-12H2,1-2H3,(H,19,21). The molecule has 0 radical (unpaired) electrons. The van der Waals surface area contributed by atoms with Crippen LogP contribution in [0.5, 0.6) is 0 Å². The van der Waals surface area contributed by atoms with E-state index in [-0.39, 0.29) is 5.91 Å². The highest BCUT2D eigenvalue weighted by atomic mass is 32.1. The van der Waals surface area contributed by atoms with Gasteiger partial charge in [-0.3, -0.25) is 4.79 Å². The zero-order valence-electron chi connectivity index (χ0n) is 13.3. The molecule has 0 unspecified atom stereocenters. The minimum atomic E-state index is 0.132. The molecule has 3 nitrogen and oxygen atoms in total. The van der Waals surface area contributed by atoms with Gasteiger partial charge in [-0.05, 0) is 54.3 Å². The Morgan fingerprint density at radius 3 is 2.77 bits per heavy atom. The topological polar surface area (TPSA) is 32.3 Å². The van der Waals surface area contributed by atoms with Gasteiger partial charge in [0.15, 0.2) is 0 Å². The van der Waals surface area contributed by atoms with Crippen molar-refractivity contribution >= 4 is 22.9 Å². The number of carbonyl (C=O) groups is 1. The average molecular weight is 316 g/mol. The Balaban J connectivity index is 1.74. The Kier molecular flexibility index (Phi) is 6.46. The molecule has 2 rings (SSSR count). The molecule has 0 atom stereocenters. The molecule has 118 valence electrons. The van der Waals surface area contributed by atoms with Crippen molar-refractivity contribution in [3.63, 3.8) is 0 Å². The van der Waals surface area contributed by atoms with Crippen molar-refractivity contribution in [2.45, 2.75) is 26.7 Å². The summed E-state index contributed by atoms with van der Waals surface area (Å²) in [5.74, 6) is 0.132. The highest BCUT2D eigenvalue weighted by molar-refractivity contribution is 7.07. The Morgan fingerprint density at radius 1 is 1.27 bits per heavy atom. The molecule has 0 bridgehead atoms. The molecule has 0 saturated carbocycles. The third-order valence-electron chi connectivity index (χ3n) is 3.76. The highest BCUT2D eigenvalue weighted by Crippen LogP contribution is 2.18. The van der Waals surface area contributed by atoms with Crippen LogP contribution in [0.1, 0.15) is 24.5 Å². The summed E-state index contributed by atoms with van der Waals surface area (Å²) in [5.41, 5.74) is 3.76. The van der Waals surface area contributed by atoms with Crippen LogP contribution in [-0.2, 0) is 11.2 Å². The predicted molar refractivity (Wildman–Crippen MR) is 94.7 cm³/mol. The van der Waals surface area contributed by atoms with Gasteiger partial charge in [-0.25, -0.2) is 0 Å². The zero-order valence-corrected chi connectivity index (χ0v) is 14.2. The molecule has 4 heteroatoms. The van der Waals surface area contributed by atoms with E-state index in [9.17, 15) is 4.79 Å². The lowest BCUT2D eigenvalue weighted by molar-refractivity contribution is -0.120. The number of likely N-dealkylation sites (N-methyl/N-ethyl adjacent to an activating group) is 1. The summed E-state index contributed by atoms with van der Waals surface area (Å²) in [5, 5.41) is 7.17. The molecule has 22 heavy (non-hydrogen) atoms. The second-order valence-electron chi connectivity index (χ2n) is 5.35. The smallest absolute Gasteiger partial charge is 0.220 e. The number of para-hydroxylation sites is 1. The molecular weight excluding hydrogens is 292 g/mol. The van der Waals surface area contributed by atoms with Crippen molar-refractivity contribution < 1.29 is 4.79 Å². The summed E-state index contributed by atoms with van der Waals surface area (Å²) in [7, 11) is 0. The lowest BCUT2D eigenvalue weighted by Crippen LogP contribution is -2.35. The molecule has 0 aliphatic heterocycles. The normalized spacial score (nSPS) is 10.5. The first-order valence-electron chi connectivity index (χ1n) is 7.79. The zero-order chi connectivity index (χ0) is 15.8. The maximum absolute atomic E-state index is 11.9. The number of hydrogen-bond donors (Lipinski definition) is 1. The average Bonchev–Trinajstić information content (AvgIpc) is 3.04. The number of nitrogens with zero attached hydrogens (tertiary/aromatic N) is 1. The number of anilines is 1. The molecule has 1 aromatic heterocycles. The monoisotopic (exact) mass is 316 g/mol. The third-order valence-corrected chi connectivity index (χ3v) is 4.49. The van der Waals surface area contributed by atoms with Crippen LogP contribution in [0.25, 0.3) is 0 Å². The first-order chi connectivity index (χ1) is 10.7. The summed E-state index contributed by atoms with van der Waals surface area (Å²) >= 11 is 1.68. The number of amides is 1. The fraction of sp³-hybridized carbons (Fsp3) is 0.389. The maximum atomic E-state index is 11.9. The molecule has 0 fully saturated rings. The highest BCUT2D eigenvalue weighted by Gasteiger charge is 2.07. The van der Waals surface area contributed by atoms with E-state index in [1.807, 2.05) is 0 Å². The molecule has 0 saturated heterocycles. The minimum absolute atomic E-state index is 0.132. The van der Waals surface area contributed by atoms with E-state index in [4.69, 9.17) is 0 Å². The van der Waals surface area contributed by atoms with Crippen molar-refractivity contribution in [2.75, 3.05) is 24.5 Å². The van der Waals surface area contributed by atoms with Crippen molar-refractivity contribution in [3.8, 4) is 0 Å². The fourth-order valence-corrected chi connectivity index (χ4v) is 3.18. The van der Waals surface area contributed by atoms with Gasteiger partial charge in [-0.1, -0.05) is 18.2 Å². The Labute approximate surface area is 137 Å². The molecule has 2 aromatic rings. The SMILES string of the molecule is CCN(CCNC(=O)CCc1ccsc1)c1ccccc1C. The minimum Gasteiger partial charge on any atom is -0.370 e. The Bertz CT molecular complexity index is 581. The van der Waals surface area contributed by atoms with Crippen molar-refractivity contribution in [3.05, 3.63) is 52.2 Å². The first-order valence-corrected chi connectivity index (χ1v) is 8.73. The molecule has 0 aliphatic rings. The van der Waals surface area contributed by atoms with Crippen LogP contribution in [-0.4, -0.2) is 25.5 Å². The van der Waals surface area contributed by atoms with Gasteiger partial charge in [-0.15, -0.1) is 0 Å². The molecule has 0 aliphatic carbocycles. The van der Waals surface area contributed by atoms with Crippen LogP contribution in [0.4, 0.5) is 5.69 Å². The van der Waals surface area contributed by atoms with Crippen LogP contribution >= 0.6 is 11.3 Å². The van der Waals surface area contributed by atoms with E-state index in [1.165, 1.54) is 16.8 Å². The molecule has 1 amide bonds. The Morgan fingerprint density at radius 2 is 2.09 bits per heavy atom. The predicted octanol–water partition coefficient (Wildman–Crippen LogP) is 3.63. The number of aryl methyl sites for hydroxylation is 2. The van der Waals surface area contributed by atoms with Crippen molar-refractivity contribution in [1.29, 1.82) is 0 Å². The summed E-state index contributed by atoms with van der Waals surface area (Å²) in [4.78, 5) is 14.2. The van der Waals surface area contributed by atoms with Crippen molar-refractivity contribution in [1.82, 2.24) is 5.32 Å². The first kappa shape index (κ1) is 16.6. The summed E-state index contributed by atoms with van der Waals surface area (Å²) < 4.78 is 0. The van der Waals surface area contributed by atoms with Gasteiger partial charge < -0.3 is 10.2 Å². The van der Waals surface area contributed by atoms with Crippen LogP contribution in [0.15, 0.2) is 41.1 Å². The summed E-state index contributed by atoms with van der Waals surface area (Å²) in [6.07, 6.45) is 1.39. The van der Waals surface area contributed by atoms with Gasteiger partial charge in [0, 0.05) is 31.7 Å². The van der Waals surface area contributed by atoms with Gasteiger partial charge in [0.05, 0.1) is 0 Å². The summed E-state index contributed by atoms with van der Waals surface area (Å²) in [6, 6.07) is 10.5. The third kappa shape index (κ3) is 4.88. The van der Waals surface area contributed by atoms with Gasteiger partial charge in [0.2, 0.25) is 5.91 Å². The number of rotatable bonds is 8. The number of benzene rings is 1. The van der Waals surface area contributed by atoms with Crippen LogP contribution in [0.3, 0.4) is 0 Å². The second-order valence-corrected chi connectivity index (χ2v) is 6.13. The van der Waals surface area contributed by atoms with E-state index in [2.05, 4.69) is 65.2 Å². The fourth-order valence-electron chi connectivity index (χ4n) is 2.48. The largest absolute Gasteiger partial charge is 0.370 e. The maximum Gasteiger partial charge on any atom is 0.220 e. The van der Waals surface area contributed by atoms with E-state index < -0.39 is 0 Å². The quantitative estimate of drug-likeness (QED) is 0.806. The number of nitrogens with one attached hydrogen (secondary N) is 1. The molecule has 0 spiro atoms. The van der Waals surface area contributed by atoms with Crippen LogP contribution in [0, 0.1) is 6.92 Å². The van der Waals surface area contributed by atoms with E-state index in [0.29, 0.717) is 13.0 Å². The van der Waals surface area contributed by atoms with Gasteiger partial charge in [0.25, 0.3) is 0 Å². The number of thiophene rings is 1. The molecule has 1 N–H and O–H groups in total. The van der Waals surface area contributed by atoms with Crippen LogP contribution < -0.4 is 10.2 Å². The second kappa shape index (κ2) is 8.59. The molecule has 1 heterocycles. The lowest BCUT2D eigenvalue weighted by Gasteiger charge is -2.25. The lowest BCUT2D eigenvalue weighted by atomic mass is 10.2. The van der Waals surface area contributed by atoms with Gasteiger partial charge >= 0.3 is 0 Å². The molecule has 1 aromatic carbocycles. The van der Waals surface area contributed by atoms with E-state index >= 15 is 0 Å². The van der Waals surface area contributed by atoms with Gasteiger partial charge in [-0.2, -0.15) is 11.3 Å². The number of hydrogen-bond acceptors (Lipinski definition) is 3. The number of carbonyl (C=O) groups excluding carboxylic acids is 1. The van der Waals surface area contributed by atoms with E-state index in [0.717, 1.165) is 19.5 Å². The van der Waals surface area contributed by atoms with Gasteiger partial charge in [0.1, 0.15) is 0 Å². The van der Waals surface area contributed by atoms with E-state index in [1.54, 1.807) is 11.3 Å². The molecular formula is C18H24N2OS. The summed E-state index contributed by atoms with van der Waals surface area (Å²) in [6.45, 7) is 6.73. The van der Waals surface area contributed by atoms with Crippen molar-refractivity contribution in [2.24, 2.45) is 0 Å². The Hall–Kier alpha value is -1.81.